The molecule has 0 aliphatic carbocycles. The Labute approximate surface area is 54.4 Å². The van der Waals surface area contributed by atoms with Crippen molar-refractivity contribution in [2.24, 2.45) is 0 Å². The largest absolute Gasteiger partial charge is 0.442 e. The van der Waals surface area contributed by atoms with Gasteiger partial charge in [-0.25, -0.2) is 0 Å². The van der Waals surface area contributed by atoms with Crippen LogP contribution in [0.3, 0.4) is 0 Å². The number of thioether (sulfide) groups is 1. The van der Waals surface area contributed by atoms with Crippen molar-refractivity contribution in [3.8, 4) is 0 Å². The zero-order valence-electron chi connectivity index (χ0n) is 3.66. The van der Waals surface area contributed by atoms with Crippen LogP contribution in [-0.4, -0.2) is 16.6 Å². The third-order valence-electron chi connectivity index (χ3n) is 0.295. The molecule has 0 nitrogen and oxygen atoms in total. The van der Waals surface area contributed by atoms with Gasteiger partial charge in [0.15, 0.2) is 0 Å². The Bertz CT molecular complexity index is 77.1. The molecule has 0 N–H and O–H groups in total. The van der Waals surface area contributed by atoms with Gasteiger partial charge in [0.2, 0.25) is 0 Å². The lowest BCUT2D eigenvalue weighted by Gasteiger charge is -1.99. The quantitative estimate of drug-likeness (QED) is 0.566. The number of rotatable bonds is 2. The molecule has 0 aromatic carbocycles. The van der Waals surface area contributed by atoms with E-state index in [1.165, 1.54) is 0 Å². The van der Waals surface area contributed by atoms with E-state index in [0.29, 0.717) is 0 Å². The fourth-order valence-corrected chi connectivity index (χ4v) is 0.511. The summed E-state index contributed by atoms with van der Waals surface area (Å²) < 4.78 is 33.4. The standard InChI is InChI=1S/C3H2F3S2/c4-3(5,6)8-2-1-7/h2H2. The van der Waals surface area contributed by atoms with Crippen molar-refractivity contribution in [3.05, 3.63) is 0 Å². The molecule has 1 radical (unpaired) electrons. The third kappa shape index (κ3) is 6.23. The summed E-state index contributed by atoms with van der Waals surface area (Å²) >= 11 is 3.87. The van der Waals surface area contributed by atoms with E-state index < -0.39 is 5.51 Å². The molecule has 5 heteroatoms. The van der Waals surface area contributed by atoms with Crippen LogP contribution in [0.2, 0.25) is 0 Å². The Balaban J connectivity index is 3.24. The van der Waals surface area contributed by atoms with E-state index in [4.69, 9.17) is 0 Å². The van der Waals surface area contributed by atoms with Crippen molar-refractivity contribution < 1.29 is 13.2 Å². The summed E-state index contributed by atoms with van der Waals surface area (Å²) in [6, 6.07) is 0. The topological polar surface area (TPSA) is 0 Å². The minimum atomic E-state index is -4.16. The van der Waals surface area contributed by atoms with E-state index in [0.717, 1.165) is 0 Å². The molecule has 47 valence electrons. The van der Waals surface area contributed by atoms with Gasteiger partial charge >= 0.3 is 5.51 Å². The van der Waals surface area contributed by atoms with Gasteiger partial charge in [0.25, 0.3) is 0 Å². The average Bonchev–Trinajstić information content (AvgIpc) is 1.59. The Morgan fingerprint density at radius 1 is 1.50 bits per heavy atom. The smallest absolute Gasteiger partial charge is 0.160 e. The fourth-order valence-electron chi connectivity index (χ4n) is 0.111. The van der Waals surface area contributed by atoms with Crippen LogP contribution in [0.4, 0.5) is 13.2 Å². The molecule has 0 atom stereocenters. The highest BCUT2D eigenvalue weighted by molar-refractivity contribution is 8.01. The van der Waals surface area contributed by atoms with Crippen LogP contribution >= 0.6 is 24.0 Å². The van der Waals surface area contributed by atoms with E-state index in [1.54, 1.807) is 0 Å². The second kappa shape index (κ2) is 3.29. The zero-order valence-corrected chi connectivity index (χ0v) is 5.29. The molecule has 0 saturated heterocycles. The van der Waals surface area contributed by atoms with Crippen molar-refractivity contribution in [2.75, 3.05) is 5.75 Å². The molecule has 0 bridgehead atoms. The summed E-state index contributed by atoms with van der Waals surface area (Å²) in [6.45, 7) is 0. The van der Waals surface area contributed by atoms with Gasteiger partial charge in [-0.05, 0) is 11.8 Å². The first-order valence-corrected chi connectivity index (χ1v) is 3.01. The Morgan fingerprint density at radius 3 is 2.12 bits per heavy atom. The highest BCUT2D eigenvalue weighted by atomic mass is 32.2. The Hall–Kier alpha value is 0.230. The zero-order chi connectivity index (χ0) is 6.62. The first kappa shape index (κ1) is 8.23. The summed E-state index contributed by atoms with van der Waals surface area (Å²) in [5, 5.41) is 1.95. The third-order valence-corrected chi connectivity index (χ3v) is 1.24. The van der Waals surface area contributed by atoms with Crippen molar-refractivity contribution in [3.63, 3.8) is 0 Å². The lowest BCUT2D eigenvalue weighted by molar-refractivity contribution is -0.0325. The maximum Gasteiger partial charge on any atom is 0.442 e. The molecule has 0 unspecified atom stereocenters. The van der Waals surface area contributed by atoms with Crippen LogP contribution in [0.15, 0.2) is 0 Å². The van der Waals surface area contributed by atoms with E-state index >= 15 is 0 Å². The lowest BCUT2D eigenvalue weighted by Crippen LogP contribution is -2.00. The molecular formula is C3H2F3S2. The summed E-state index contributed by atoms with van der Waals surface area (Å²) in [5.74, 6) is -0.265. The number of thiocarbonyl (C=S) groups is 1. The first-order chi connectivity index (χ1) is 3.56. The first-order valence-electron chi connectivity index (χ1n) is 1.62. The van der Waals surface area contributed by atoms with Crippen molar-refractivity contribution in [1.82, 2.24) is 0 Å². The Morgan fingerprint density at radius 2 is 2.00 bits per heavy atom. The summed E-state index contributed by atoms with van der Waals surface area (Å²) in [4.78, 5) is 0. The van der Waals surface area contributed by atoms with E-state index in [1.807, 2.05) is 5.37 Å². The second-order valence-corrected chi connectivity index (χ2v) is 2.21. The number of alkyl halides is 3. The van der Waals surface area contributed by atoms with E-state index in [2.05, 4.69) is 12.2 Å². The monoisotopic (exact) mass is 159 g/mol. The molecule has 0 fully saturated rings. The van der Waals surface area contributed by atoms with Gasteiger partial charge in [0, 0.05) is 11.1 Å². The van der Waals surface area contributed by atoms with Crippen LogP contribution in [0.1, 0.15) is 0 Å². The molecule has 0 aliphatic rings. The molecule has 0 heterocycles. The molecule has 0 aromatic heterocycles. The normalized spacial score (nSPS) is 11.4. The average molecular weight is 159 g/mol. The van der Waals surface area contributed by atoms with Crippen molar-refractivity contribution in [2.45, 2.75) is 5.51 Å². The molecule has 0 rings (SSSR count). The van der Waals surface area contributed by atoms with Crippen molar-refractivity contribution >= 4 is 29.3 Å². The predicted molar refractivity (Wildman–Crippen MR) is 31.1 cm³/mol. The summed E-state index contributed by atoms with van der Waals surface area (Å²) in [7, 11) is 0. The van der Waals surface area contributed by atoms with Gasteiger partial charge in [-0.3, -0.25) is 0 Å². The number of hydrogen-bond acceptors (Lipinski definition) is 2. The second-order valence-electron chi connectivity index (χ2n) is 0.879. The van der Waals surface area contributed by atoms with E-state index in [-0.39, 0.29) is 17.5 Å². The SMILES string of the molecule is FC(F)(F)SC[C]=S. The Kier molecular flexibility index (Phi) is 3.39. The van der Waals surface area contributed by atoms with Crippen molar-refractivity contribution in [1.29, 1.82) is 0 Å². The molecule has 0 amide bonds. The lowest BCUT2D eigenvalue weighted by atomic mass is 11.0. The summed E-state index contributed by atoms with van der Waals surface area (Å²) in [6.07, 6.45) is 0. The predicted octanol–water partition coefficient (Wildman–Crippen LogP) is 2.12. The van der Waals surface area contributed by atoms with Gasteiger partial charge in [-0.15, -0.1) is 0 Å². The van der Waals surface area contributed by atoms with Gasteiger partial charge in [0.1, 0.15) is 0 Å². The molecule has 0 saturated carbocycles. The number of hydrogen-bond donors (Lipinski definition) is 0. The van der Waals surface area contributed by atoms with E-state index in [9.17, 15) is 13.2 Å². The number of halogens is 3. The minimum absolute atomic E-state index is 0.182. The maximum absolute atomic E-state index is 11.1. The molecular weight excluding hydrogens is 157 g/mol. The molecule has 0 aliphatic heterocycles. The molecule has 0 aromatic rings. The van der Waals surface area contributed by atoms with Gasteiger partial charge in [0.05, 0.1) is 0 Å². The highest BCUT2D eigenvalue weighted by Crippen LogP contribution is 2.28. The highest BCUT2D eigenvalue weighted by Gasteiger charge is 2.26. The minimum Gasteiger partial charge on any atom is -0.160 e. The van der Waals surface area contributed by atoms with Crippen LogP contribution in [0.5, 0.6) is 0 Å². The molecule has 8 heavy (non-hydrogen) atoms. The maximum atomic E-state index is 11.1. The van der Waals surface area contributed by atoms with Crippen LogP contribution in [-0.2, 0) is 0 Å². The van der Waals surface area contributed by atoms with Gasteiger partial charge in [-0.1, -0.05) is 12.2 Å². The molecule has 0 spiro atoms. The van der Waals surface area contributed by atoms with Gasteiger partial charge in [-0.2, -0.15) is 13.2 Å². The summed E-state index contributed by atoms with van der Waals surface area (Å²) in [5.41, 5.74) is -4.16. The van der Waals surface area contributed by atoms with Crippen LogP contribution in [0, 0.1) is 0 Å². The van der Waals surface area contributed by atoms with Crippen LogP contribution in [0.25, 0.3) is 0 Å². The van der Waals surface area contributed by atoms with Crippen LogP contribution < -0.4 is 0 Å². The fraction of sp³-hybridized carbons (Fsp3) is 0.667. The van der Waals surface area contributed by atoms with Gasteiger partial charge < -0.3 is 0 Å².